The second-order valence-corrected chi connectivity index (χ2v) is 4.40. The molecule has 0 spiro atoms. The Kier molecular flexibility index (Phi) is 7.01. The van der Waals surface area contributed by atoms with Crippen LogP contribution >= 0.6 is 0 Å². The fourth-order valence-corrected chi connectivity index (χ4v) is 1.69. The van der Waals surface area contributed by atoms with Crippen molar-refractivity contribution in [2.45, 2.75) is 19.1 Å². The molecular formula is C14H20F3N3O. The minimum atomic E-state index is -4.32. The van der Waals surface area contributed by atoms with Gasteiger partial charge in [-0.25, -0.2) is 0 Å². The highest BCUT2D eigenvalue weighted by atomic mass is 19.4. The Labute approximate surface area is 122 Å². The van der Waals surface area contributed by atoms with Crippen molar-refractivity contribution >= 4 is 5.96 Å². The van der Waals surface area contributed by atoms with E-state index in [-0.39, 0.29) is 6.54 Å². The summed E-state index contributed by atoms with van der Waals surface area (Å²) < 4.78 is 42.7. The van der Waals surface area contributed by atoms with Crippen LogP contribution in [0.5, 0.6) is 0 Å². The Morgan fingerprint density at radius 3 is 2.67 bits per heavy atom. The first-order valence-corrected chi connectivity index (χ1v) is 6.57. The van der Waals surface area contributed by atoms with Gasteiger partial charge in [-0.15, -0.1) is 0 Å². The number of benzene rings is 1. The normalized spacial score (nSPS) is 12.3. The molecule has 4 nitrogen and oxygen atoms in total. The van der Waals surface area contributed by atoms with E-state index in [0.717, 1.165) is 18.6 Å². The Bertz CT molecular complexity index is 461. The highest BCUT2D eigenvalue weighted by Crippen LogP contribution is 2.29. The van der Waals surface area contributed by atoms with Crippen LogP contribution in [0.15, 0.2) is 29.3 Å². The maximum absolute atomic E-state index is 12.6. The topological polar surface area (TPSA) is 45.7 Å². The summed E-state index contributed by atoms with van der Waals surface area (Å²) in [5.41, 5.74) is -0.102. The van der Waals surface area contributed by atoms with Crippen LogP contribution in [0.1, 0.15) is 17.5 Å². The molecule has 7 heteroatoms. The molecule has 0 amide bonds. The van der Waals surface area contributed by atoms with Gasteiger partial charge in [0, 0.05) is 33.9 Å². The van der Waals surface area contributed by atoms with Crippen LogP contribution < -0.4 is 10.6 Å². The summed E-state index contributed by atoms with van der Waals surface area (Å²) in [5.74, 6) is 0.545. The Morgan fingerprint density at radius 1 is 1.29 bits per heavy atom. The predicted molar refractivity (Wildman–Crippen MR) is 76.1 cm³/mol. The zero-order valence-corrected chi connectivity index (χ0v) is 12.1. The van der Waals surface area contributed by atoms with Gasteiger partial charge in [0.25, 0.3) is 0 Å². The van der Waals surface area contributed by atoms with Gasteiger partial charge in [0.05, 0.1) is 5.56 Å². The number of hydrogen-bond donors (Lipinski definition) is 2. The summed E-state index contributed by atoms with van der Waals surface area (Å²) in [7, 11) is 3.23. The van der Waals surface area contributed by atoms with E-state index in [4.69, 9.17) is 4.74 Å². The molecule has 1 rings (SSSR count). The number of hydrogen-bond acceptors (Lipinski definition) is 2. The van der Waals surface area contributed by atoms with E-state index in [2.05, 4.69) is 15.6 Å². The Balaban J connectivity index is 2.50. The van der Waals surface area contributed by atoms with Gasteiger partial charge in [0.15, 0.2) is 5.96 Å². The first kappa shape index (κ1) is 17.3. The average molecular weight is 303 g/mol. The molecule has 0 saturated heterocycles. The molecule has 0 saturated carbocycles. The van der Waals surface area contributed by atoms with Crippen LogP contribution in [0.4, 0.5) is 13.2 Å². The minimum Gasteiger partial charge on any atom is -0.385 e. The van der Waals surface area contributed by atoms with E-state index in [1.165, 1.54) is 6.07 Å². The van der Waals surface area contributed by atoms with Crippen LogP contribution in [0.3, 0.4) is 0 Å². The first-order chi connectivity index (χ1) is 9.97. The molecule has 21 heavy (non-hydrogen) atoms. The predicted octanol–water partition coefficient (Wildman–Crippen LogP) is 2.41. The average Bonchev–Trinajstić information content (AvgIpc) is 2.46. The lowest BCUT2D eigenvalue weighted by molar-refractivity contribution is -0.137. The first-order valence-electron chi connectivity index (χ1n) is 6.57. The molecule has 0 heterocycles. The summed E-state index contributed by atoms with van der Waals surface area (Å²) in [4.78, 5) is 4.00. The van der Waals surface area contributed by atoms with E-state index in [1.807, 2.05) is 0 Å². The van der Waals surface area contributed by atoms with Crippen LogP contribution in [-0.2, 0) is 17.5 Å². The van der Waals surface area contributed by atoms with Crippen molar-refractivity contribution in [2.75, 3.05) is 27.3 Å². The van der Waals surface area contributed by atoms with E-state index in [9.17, 15) is 13.2 Å². The summed E-state index contributed by atoms with van der Waals surface area (Å²) in [5, 5.41) is 6.03. The number of halogens is 3. The molecule has 1 aromatic carbocycles. The number of nitrogens with one attached hydrogen (secondary N) is 2. The molecule has 0 atom stereocenters. The third-order valence-electron chi connectivity index (χ3n) is 2.76. The number of methoxy groups -OCH3 is 1. The fourth-order valence-electron chi connectivity index (χ4n) is 1.69. The van der Waals surface area contributed by atoms with Crippen molar-refractivity contribution in [1.29, 1.82) is 0 Å². The molecule has 0 fully saturated rings. The zero-order chi connectivity index (χ0) is 15.7. The lowest BCUT2D eigenvalue weighted by Crippen LogP contribution is -2.37. The Hall–Kier alpha value is -1.76. The van der Waals surface area contributed by atoms with E-state index in [1.54, 1.807) is 20.2 Å². The van der Waals surface area contributed by atoms with Crippen molar-refractivity contribution in [3.05, 3.63) is 35.4 Å². The third-order valence-corrected chi connectivity index (χ3v) is 2.76. The molecule has 0 aliphatic carbocycles. The number of aliphatic imine (C=N–C) groups is 1. The summed E-state index contributed by atoms with van der Waals surface area (Å²) >= 11 is 0. The van der Waals surface area contributed by atoms with E-state index < -0.39 is 11.7 Å². The van der Waals surface area contributed by atoms with Gasteiger partial charge in [0.2, 0.25) is 0 Å². The van der Waals surface area contributed by atoms with Crippen molar-refractivity contribution < 1.29 is 17.9 Å². The highest BCUT2D eigenvalue weighted by molar-refractivity contribution is 5.79. The molecule has 0 aromatic heterocycles. The van der Waals surface area contributed by atoms with Crippen molar-refractivity contribution in [3.63, 3.8) is 0 Å². The number of guanidine groups is 1. The maximum atomic E-state index is 12.6. The number of alkyl halides is 3. The molecular weight excluding hydrogens is 283 g/mol. The summed E-state index contributed by atoms with van der Waals surface area (Å²) in [6.45, 7) is 1.58. The Morgan fingerprint density at radius 2 is 2.05 bits per heavy atom. The molecule has 0 unspecified atom stereocenters. The summed E-state index contributed by atoms with van der Waals surface area (Å²) in [6, 6.07) is 5.22. The van der Waals surface area contributed by atoms with Gasteiger partial charge < -0.3 is 15.4 Å². The second kappa shape index (κ2) is 8.51. The molecule has 0 aliphatic heterocycles. The second-order valence-electron chi connectivity index (χ2n) is 4.40. The minimum absolute atomic E-state index is 0.272. The summed E-state index contributed by atoms with van der Waals surface area (Å²) in [6.07, 6.45) is -3.50. The smallest absolute Gasteiger partial charge is 0.385 e. The quantitative estimate of drug-likeness (QED) is 0.482. The molecule has 0 aliphatic rings. The number of rotatable bonds is 6. The SMILES string of the molecule is CN=C(NCCCOC)NCc1cccc(C(F)(F)F)c1. The zero-order valence-electron chi connectivity index (χ0n) is 12.1. The molecule has 0 bridgehead atoms. The highest BCUT2D eigenvalue weighted by Gasteiger charge is 2.30. The lowest BCUT2D eigenvalue weighted by Gasteiger charge is -2.13. The van der Waals surface area contributed by atoms with Crippen LogP contribution in [0.25, 0.3) is 0 Å². The van der Waals surface area contributed by atoms with Crippen LogP contribution in [-0.4, -0.2) is 33.3 Å². The van der Waals surface area contributed by atoms with Crippen LogP contribution in [0, 0.1) is 0 Å². The van der Waals surface area contributed by atoms with E-state index >= 15 is 0 Å². The van der Waals surface area contributed by atoms with Gasteiger partial charge in [0.1, 0.15) is 0 Å². The monoisotopic (exact) mass is 303 g/mol. The number of ether oxygens (including phenoxy) is 1. The molecule has 0 radical (unpaired) electrons. The largest absolute Gasteiger partial charge is 0.416 e. The van der Waals surface area contributed by atoms with Crippen molar-refractivity contribution in [3.8, 4) is 0 Å². The van der Waals surface area contributed by atoms with Gasteiger partial charge in [-0.05, 0) is 24.1 Å². The van der Waals surface area contributed by atoms with E-state index in [0.29, 0.717) is 24.7 Å². The fraction of sp³-hybridized carbons (Fsp3) is 0.500. The van der Waals surface area contributed by atoms with Gasteiger partial charge in [-0.3, -0.25) is 4.99 Å². The van der Waals surface area contributed by atoms with Crippen molar-refractivity contribution in [1.82, 2.24) is 10.6 Å². The standard InChI is InChI=1S/C14H20F3N3O/c1-18-13(19-7-4-8-21-2)20-10-11-5-3-6-12(9-11)14(15,16)17/h3,5-6,9H,4,7-8,10H2,1-2H3,(H2,18,19,20). The third kappa shape index (κ3) is 6.48. The van der Waals surface area contributed by atoms with Gasteiger partial charge >= 0.3 is 6.18 Å². The molecule has 1 aromatic rings. The van der Waals surface area contributed by atoms with Gasteiger partial charge in [-0.1, -0.05) is 12.1 Å². The number of nitrogens with zero attached hydrogens (tertiary/aromatic N) is 1. The van der Waals surface area contributed by atoms with Crippen LogP contribution in [0.2, 0.25) is 0 Å². The maximum Gasteiger partial charge on any atom is 0.416 e. The van der Waals surface area contributed by atoms with Crippen molar-refractivity contribution in [2.24, 2.45) is 4.99 Å². The van der Waals surface area contributed by atoms with Gasteiger partial charge in [-0.2, -0.15) is 13.2 Å². The lowest BCUT2D eigenvalue weighted by atomic mass is 10.1. The molecule has 2 N–H and O–H groups in total. The molecule has 118 valence electrons.